The molecule has 0 aliphatic carbocycles. The monoisotopic (exact) mass is 360 g/mol. The summed E-state index contributed by atoms with van der Waals surface area (Å²) in [5.41, 5.74) is 2.76. The Morgan fingerprint density at radius 2 is 1.71 bits per heavy atom. The third kappa shape index (κ3) is 3.88. The molecule has 1 aromatic heterocycles. The molecule has 0 saturated carbocycles. The average molecular weight is 361 g/mol. The highest BCUT2D eigenvalue weighted by molar-refractivity contribution is 7.93. The smallest absolute Gasteiger partial charge is 0.235 e. The molecule has 2 N–H and O–H groups in total. The second-order valence-corrected chi connectivity index (χ2v) is 9.10. The summed E-state index contributed by atoms with van der Waals surface area (Å²) < 4.78 is 27.6. The van der Waals surface area contributed by atoms with E-state index in [1.54, 1.807) is 37.3 Å². The van der Waals surface area contributed by atoms with E-state index < -0.39 is 15.3 Å². The summed E-state index contributed by atoms with van der Waals surface area (Å²) in [6, 6.07) is 15.9. The maximum atomic E-state index is 11.9. The summed E-state index contributed by atoms with van der Waals surface area (Å²) >= 11 is 1.73. The van der Waals surface area contributed by atoms with Gasteiger partial charge in [-0.25, -0.2) is 8.42 Å². The van der Waals surface area contributed by atoms with Crippen molar-refractivity contribution < 1.29 is 8.42 Å². The Hall–Kier alpha value is -2.05. The minimum Gasteiger partial charge on any atom is -0.381 e. The Morgan fingerprint density at radius 3 is 2.42 bits per heavy atom. The molecule has 0 fully saturated rings. The lowest BCUT2D eigenvalue weighted by molar-refractivity contribution is 0.593. The van der Waals surface area contributed by atoms with Crippen molar-refractivity contribution in [2.45, 2.75) is 25.6 Å². The van der Waals surface area contributed by atoms with Crippen LogP contribution in [0.4, 0.5) is 11.4 Å². The molecular weight excluding hydrogens is 340 g/mol. The van der Waals surface area contributed by atoms with Crippen molar-refractivity contribution in [3.8, 4) is 0 Å². The third-order valence-electron chi connectivity index (χ3n) is 3.79. The van der Waals surface area contributed by atoms with Gasteiger partial charge in [0, 0.05) is 22.6 Å². The van der Waals surface area contributed by atoms with Crippen molar-refractivity contribution in [3.63, 3.8) is 0 Å². The topological polar surface area (TPSA) is 58.2 Å². The number of rotatable bonds is 6. The quantitative estimate of drug-likeness (QED) is 0.672. The van der Waals surface area contributed by atoms with Crippen LogP contribution in [-0.2, 0) is 16.6 Å². The Morgan fingerprint density at radius 1 is 1.00 bits per heavy atom. The van der Waals surface area contributed by atoms with Crippen LogP contribution in [0.2, 0.25) is 0 Å². The average Bonchev–Trinajstić information content (AvgIpc) is 3.01. The van der Waals surface area contributed by atoms with Crippen molar-refractivity contribution in [1.82, 2.24) is 0 Å². The zero-order chi connectivity index (χ0) is 17.2. The highest BCUT2D eigenvalue weighted by Gasteiger charge is 2.15. The summed E-state index contributed by atoms with van der Waals surface area (Å²) in [7, 11) is -3.30. The maximum absolute atomic E-state index is 11.9. The van der Waals surface area contributed by atoms with Crippen molar-refractivity contribution in [2.75, 3.05) is 10.0 Å². The molecule has 4 nitrogen and oxygen atoms in total. The summed E-state index contributed by atoms with van der Waals surface area (Å²) in [4.78, 5) is 0. The summed E-state index contributed by atoms with van der Waals surface area (Å²) in [5.74, 6) is 0. The van der Waals surface area contributed by atoms with Crippen LogP contribution in [0.15, 0.2) is 53.9 Å². The molecular formula is C18H20N2O2S2. The number of fused-ring (bicyclic) bond motifs is 1. The third-order valence-corrected chi connectivity index (χ3v) is 6.43. The second-order valence-electron chi connectivity index (χ2n) is 5.92. The molecule has 0 aliphatic heterocycles. The molecule has 24 heavy (non-hydrogen) atoms. The van der Waals surface area contributed by atoms with E-state index in [4.69, 9.17) is 0 Å². The first kappa shape index (κ1) is 16.8. The Balaban J connectivity index is 1.63. The highest BCUT2D eigenvalue weighted by Crippen LogP contribution is 2.24. The molecule has 0 unspecified atom stereocenters. The lowest BCUT2D eigenvalue weighted by Gasteiger charge is -2.11. The number of sulfonamides is 1. The van der Waals surface area contributed by atoms with E-state index in [2.05, 4.69) is 39.7 Å². The van der Waals surface area contributed by atoms with Gasteiger partial charge in [0.1, 0.15) is 0 Å². The number of thiophene rings is 1. The zero-order valence-corrected chi connectivity index (χ0v) is 15.2. The summed E-state index contributed by atoms with van der Waals surface area (Å²) in [6.45, 7) is 4.00. The number of benzene rings is 2. The van der Waals surface area contributed by atoms with Gasteiger partial charge in [-0.05, 0) is 60.5 Å². The first-order valence-electron chi connectivity index (χ1n) is 7.76. The van der Waals surface area contributed by atoms with Crippen LogP contribution in [0.1, 0.15) is 19.4 Å². The predicted octanol–water partition coefficient (Wildman–Crippen LogP) is 4.66. The number of hydrogen-bond acceptors (Lipinski definition) is 4. The van der Waals surface area contributed by atoms with Gasteiger partial charge in [0.2, 0.25) is 10.0 Å². The first-order valence-corrected chi connectivity index (χ1v) is 10.2. The van der Waals surface area contributed by atoms with Crippen LogP contribution in [0.3, 0.4) is 0 Å². The van der Waals surface area contributed by atoms with Gasteiger partial charge in [0.05, 0.1) is 5.25 Å². The molecule has 0 atom stereocenters. The fraction of sp³-hybridized carbons (Fsp3) is 0.222. The zero-order valence-electron chi connectivity index (χ0n) is 13.6. The van der Waals surface area contributed by atoms with Gasteiger partial charge in [-0.15, -0.1) is 11.3 Å². The predicted molar refractivity (Wildman–Crippen MR) is 103 cm³/mol. The SMILES string of the molecule is CC(C)S(=O)(=O)Nc1ccc(CNc2ccc3ccsc3c2)cc1. The van der Waals surface area contributed by atoms with Crippen LogP contribution in [-0.4, -0.2) is 13.7 Å². The molecule has 6 heteroatoms. The van der Waals surface area contributed by atoms with Gasteiger partial charge < -0.3 is 5.32 Å². The van der Waals surface area contributed by atoms with Crippen molar-refractivity contribution >= 4 is 42.8 Å². The summed E-state index contributed by atoms with van der Waals surface area (Å²) in [6.07, 6.45) is 0. The van der Waals surface area contributed by atoms with Gasteiger partial charge in [-0.1, -0.05) is 18.2 Å². The van der Waals surface area contributed by atoms with Gasteiger partial charge in [-0.3, -0.25) is 4.72 Å². The minimum atomic E-state index is -3.30. The van der Waals surface area contributed by atoms with Crippen molar-refractivity contribution in [2.24, 2.45) is 0 Å². The van der Waals surface area contributed by atoms with E-state index in [0.29, 0.717) is 12.2 Å². The minimum absolute atomic E-state index is 0.453. The molecule has 2 aromatic carbocycles. The fourth-order valence-electron chi connectivity index (χ4n) is 2.24. The molecule has 0 amide bonds. The Labute approximate surface area is 146 Å². The number of anilines is 2. The lowest BCUT2D eigenvalue weighted by atomic mass is 10.2. The number of hydrogen-bond donors (Lipinski definition) is 2. The van der Waals surface area contributed by atoms with Crippen LogP contribution >= 0.6 is 11.3 Å². The molecule has 0 aliphatic rings. The van der Waals surface area contributed by atoms with Crippen LogP contribution in [0, 0.1) is 0 Å². The molecule has 0 spiro atoms. The normalized spacial score (nSPS) is 11.8. The van der Waals surface area contributed by atoms with Crippen LogP contribution in [0.25, 0.3) is 10.1 Å². The van der Waals surface area contributed by atoms with Gasteiger partial charge in [0.15, 0.2) is 0 Å². The van der Waals surface area contributed by atoms with E-state index in [-0.39, 0.29) is 0 Å². The highest BCUT2D eigenvalue weighted by atomic mass is 32.2. The van der Waals surface area contributed by atoms with E-state index in [1.165, 1.54) is 10.1 Å². The van der Waals surface area contributed by atoms with E-state index in [9.17, 15) is 8.42 Å². The standard InChI is InChI=1S/C18H20N2O2S2/c1-13(2)24(21,22)20-16-6-3-14(4-7-16)12-19-17-8-5-15-9-10-23-18(15)11-17/h3-11,13,19-20H,12H2,1-2H3. The van der Waals surface area contributed by atoms with Gasteiger partial charge >= 0.3 is 0 Å². The molecule has 0 radical (unpaired) electrons. The van der Waals surface area contributed by atoms with Gasteiger partial charge in [0.25, 0.3) is 0 Å². The molecule has 0 saturated heterocycles. The largest absolute Gasteiger partial charge is 0.381 e. The van der Waals surface area contributed by atoms with Gasteiger partial charge in [-0.2, -0.15) is 0 Å². The molecule has 126 valence electrons. The van der Waals surface area contributed by atoms with Crippen molar-refractivity contribution in [3.05, 3.63) is 59.5 Å². The lowest BCUT2D eigenvalue weighted by Crippen LogP contribution is -2.22. The Kier molecular flexibility index (Phi) is 4.78. The summed E-state index contributed by atoms with van der Waals surface area (Å²) in [5, 5.41) is 6.29. The second kappa shape index (κ2) is 6.83. The van der Waals surface area contributed by atoms with E-state index >= 15 is 0 Å². The molecule has 0 bridgehead atoms. The van der Waals surface area contributed by atoms with E-state index in [1.807, 2.05) is 12.1 Å². The first-order chi connectivity index (χ1) is 11.4. The molecule has 1 heterocycles. The maximum Gasteiger partial charge on any atom is 0.235 e. The molecule has 3 aromatic rings. The molecule has 3 rings (SSSR count). The Bertz CT molecular complexity index is 929. The van der Waals surface area contributed by atoms with E-state index in [0.717, 1.165) is 11.3 Å². The fourth-order valence-corrected chi connectivity index (χ4v) is 3.77. The van der Waals surface area contributed by atoms with Crippen LogP contribution < -0.4 is 10.0 Å². The number of nitrogens with one attached hydrogen (secondary N) is 2. The van der Waals surface area contributed by atoms with Crippen LogP contribution in [0.5, 0.6) is 0 Å². The van der Waals surface area contributed by atoms with Crippen molar-refractivity contribution in [1.29, 1.82) is 0 Å².